The highest BCUT2D eigenvalue weighted by Gasteiger charge is 2.20. The minimum atomic E-state index is -0.162. The number of aliphatic hydroxyl groups excluding tert-OH is 1. The second kappa shape index (κ2) is 5.18. The van der Waals surface area contributed by atoms with Crippen molar-refractivity contribution in [3.8, 4) is 5.88 Å². The number of methoxy groups -OCH3 is 1. The quantitative estimate of drug-likeness (QED) is 0.720. The predicted molar refractivity (Wildman–Crippen MR) is 64.9 cm³/mol. The Bertz CT molecular complexity index is 378. The maximum atomic E-state index is 9.43. The number of nitrogen functional groups attached to an aromatic ring is 1. The molecule has 0 aromatic carbocycles. The highest BCUT2D eigenvalue weighted by molar-refractivity contribution is 5.66. The fourth-order valence-electron chi connectivity index (χ4n) is 2.07. The first kappa shape index (κ1) is 11.9. The number of aliphatic hydroxyl groups is 1. The van der Waals surface area contributed by atoms with Crippen LogP contribution in [0.25, 0.3) is 0 Å². The molecule has 4 N–H and O–H groups in total. The van der Waals surface area contributed by atoms with E-state index >= 15 is 0 Å². The molecule has 1 saturated carbocycles. The van der Waals surface area contributed by atoms with Crippen LogP contribution in [0.1, 0.15) is 25.7 Å². The summed E-state index contributed by atoms with van der Waals surface area (Å²) in [6.45, 7) is 0. The first-order chi connectivity index (χ1) is 8.20. The maximum absolute atomic E-state index is 9.43. The lowest BCUT2D eigenvalue weighted by Crippen LogP contribution is -2.29. The van der Waals surface area contributed by atoms with Crippen molar-refractivity contribution in [3.05, 3.63) is 6.33 Å². The van der Waals surface area contributed by atoms with E-state index in [1.54, 1.807) is 0 Å². The molecule has 0 aliphatic heterocycles. The number of nitrogens with two attached hydrogens (primary N) is 1. The zero-order chi connectivity index (χ0) is 12.3. The van der Waals surface area contributed by atoms with Crippen LogP contribution in [0.3, 0.4) is 0 Å². The van der Waals surface area contributed by atoms with Gasteiger partial charge in [0.25, 0.3) is 0 Å². The van der Waals surface area contributed by atoms with Crippen LogP contribution >= 0.6 is 0 Å². The zero-order valence-corrected chi connectivity index (χ0v) is 9.89. The van der Waals surface area contributed by atoms with Crippen molar-refractivity contribution in [1.29, 1.82) is 0 Å². The summed E-state index contributed by atoms with van der Waals surface area (Å²) in [4.78, 5) is 8.03. The Morgan fingerprint density at radius 3 is 2.71 bits per heavy atom. The summed E-state index contributed by atoms with van der Waals surface area (Å²) in [5, 5.41) is 12.7. The molecule has 1 heterocycles. The molecular weight excluding hydrogens is 220 g/mol. The van der Waals surface area contributed by atoms with Gasteiger partial charge < -0.3 is 20.9 Å². The zero-order valence-electron chi connectivity index (χ0n) is 9.89. The second-order valence-corrected chi connectivity index (χ2v) is 4.30. The van der Waals surface area contributed by atoms with Crippen LogP contribution < -0.4 is 15.8 Å². The second-order valence-electron chi connectivity index (χ2n) is 4.30. The summed E-state index contributed by atoms with van der Waals surface area (Å²) in [5.41, 5.74) is 6.31. The van der Waals surface area contributed by atoms with Gasteiger partial charge in [0.2, 0.25) is 5.88 Å². The Labute approximate surface area is 100 Å². The minimum absolute atomic E-state index is 0.162. The monoisotopic (exact) mass is 238 g/mol. The van der Waals surface area contributed by atoms with E-state index in [1.807, 2.05) is 0 Å². The standard InChI is InChI=1S/C11H18N4O2/c1-17-11-9(12)10(13-6-14-11)15-7-2-4-8(16)5-3-7/h6-8,16H,2-5,12H2,1H3,(H,13,14,15). The average Bonchev–Trinajstić information content (AvgIpc) is 2.35. The summed E-state index contributed by atoms with van der Waals surface area (Å²) in [6.07, 6.45) is 4.75. The van der Waals surface area contributed by atoms with Crippen molar-refractivity contribution in [2.24, 2.45) is 0 Å². The van der Waals surface area contributed by atoms with Gasteiger partial charge in [-0.2, -0.15) is 4.98 Å². The summed E-state index contributed by atoms with van der Waals surface area (Å²) >= 11 is 0. The van der Waals surface area contributed by atoms with Gasteiger partial charge in [0.15, 0.2) is 5.82 Å². The van der Waals surface area contributed by atoms with Gasteiger partial charge in [-0.15, -0.1) is 0 Å². The minimum Gasteiger partial charge on any atom is -0.479 e. The third-order valence-electron chi connectivity index (χ3n) is 3.08. The van der Waals surface area contributed by atoms with Crippen LogP contribution in [0, 0.1) is 0 Å². The molecule has 17 heavy (non-hydrogen) atoms. The first-order valence-corrected chi connectivity index (χ1v) is 5.79. The van der Waals surface area contributed by atoms with Crippen LogP contribution in [0.5, 0.6) is 5.88 Å². The van der Waals surface area contributed by atoms with Gasteiger partial charge in [0.1, 0.15) is 12.0 Å². The van der Waals surface area contributed by atoms with E-state index in [9.17, 15) is 5.11 Å². The van der Waals surface area contributed by atoms with E-state index in [4.69, 9.17) is 10.5 Å². The topological polar surface area (TPSA) is 93.3 Å². The van der Waals surface area contributed by atoms with Gasteiger partial charge in [0, 0.05) is 6.04 Å². The van der Waals surface area contributed by atoms with Crippen molar-refractivity contribution >= 4 is 11.5 Å². The Balaban J connectivity index is 2.03. The van der Waals surface area contributed by atoms with E-state index in [-0.39, 0.29) is 6.10 Å². The molecule has 1 aliphatic rings. The molecule has 1 aromatic heterocycles. The SMILES string of the molecule is COc1ncnc(NC2CCC(O)CC2)c1N. The summed E-state index contributed by atoms with van der Waals surface area (Å²) in [6, 6.07) is 0.306. The highest BCUT2D eigenvalue weighted by atomic mass is 16.5. The van der Waals surface area contributed by atoms with E-state index < -0.39 is 0 Å². The number of nitrogens with zero attached hydrogens (tertiary/aromatic N) is 2. The fourth-order valence-corrected chi connectivity index (χ4v) is 2.07. The molecule has 2 rings (SSSR count). The Morgan fingerprint density at radius 2 is 2.06 bits per heavy atom. The van der Waals surface area contributed by atoms with Crippen LogP contribution in [0.15, 0.2) is 6.33 Å². The number of anilines is 2. The number of hydrogen-bond donors (Lipinski definition) is 3. The van der Waals surface area contributed by atoms with Crippen LogP contribution in [-0.4, -0.2) is 34.3 Å². The lowest BCUT2D eigenvalue weighted by atomic mass is 9.93. The van der Waals surface area contributed by atoms with Gasteiger partial charge >= 0.3 is 0 Å². The van der Waals surface area contributed by atoms with Gasteiger partial charge in [0.05, 0.1) is 13.2 Å². The third-order valence-corrected chi connectivity index (χ3v) is 3.08. The lowest BCUT2D eigenvalue weighted by Gasteiger charge is -2.27. The largest absolute Gasteiger partial charge is 0.479 e. The summed E-state index contributed by atoms with van der Waals surface area (Å²) in [5.74, 6) is 0.997. The van der Waals surface area contributed by atoms with Crippen molar-refractivity contribution < 1.29 is 9.84 Å². The molecule has 1 fully saturated rings. The van der Waals surface area contributed by atoms with E-state index in [0.717, 1.165) is 25.7 Å². The van der Waals surface area contributed by atoms with Crippen LogP contribution in [0.4, 0.5) is 11.5 Å². The Kier molecular flexibility index (Phi) is 3.63. The van der Waals surface area contributed by atoms with E-state index in [1.165, 1.54) is 13.4 Å². The first-order valence-electron chi connectivity index (χ1n) is 5.79. The molecule has 1 aliphatic carbocycles. The van der Waals surface area contributed by atoms with Gasteiger partial charge in [-0.05, 0) is 25.7 Å². The molecule has 0 radical (unpaired) electrons. The molecule has 0 amide bonds. The lowest BCUT2D eigenvalue weighted by molar-refractivity contribution is 0.126. The molecule has 0 bridgehead atoms. The molecule has 0 spiro atoms. The molecular formula is C11H18N4O2. The Hall–Kier alpha value is -1.56. The van der Waals surface area contributed by atoms with Crippen molar-refractivity contribution in [2.75, 3.05) is 18.2 Å². The molecule has 6 nitrogen and oxygen atoms in total. The van der Waals surface area contributed by atoms with E-state index in [0.29, 0.717) is 23.4 Å². The molecule has 6 heteroatoms. The van der Waals surface area contributed by atoms with Crippen molar-refractivity contribution in [3.63, 3.8) is 0 Å². The van der Waals surface area contributed by atoms with Gasteiger partial charge in [-0.1, -0.05) is 0 Å². The van der Waals surface area contributed by atoms with Crippen LogP contribution in [-0.2, 0) is 0 Å². The van der Waals surface area contributed by atoms with Crippen LogP contribution in [0.2, 0.25) is 0 Å². The maximum Gasteiger partial charge on any atom is 0.242 e. The highest BCUT2D eigenvalue weighted by Crippen LogP contribution is 2.27. The van der Waals surface area contributed by atoms with Crippen molar-refractivity contribution in [2.45, 2.75) is 37.8 Å². The molecule has 1 aromatic rings. The third kappa shape index (κ3) is 2.76. The molecule has 0 saturated heterocycles. The molecule has 94 valence electrons. The smallest absolute Gasteiger partial charge is 0.242 e. The number of hydrogen-bond acceptors (Lipinski definition) is 6. The number of nitrogens with one attached hydrogen (secondary N) is 1. The summed E-state index contributed by atoms with van der Waals surface area (Å²) in [7, 11) is 1.53. The Morgan fingerprint density at radius 1 is 1.35 bits per heavy atom. The predicted octanol–water partition coefficient (Wildman–Crippen LogP) is 0.783. The molecule has 0 atom stereocenters. The van der Waals surface area contributed by atoms with E-state index in [2.05, 4.69) is 15.3 Å². The fraction of sp³-hybridized carbons (Fsp3) is 0.636. The summed E-state index contributed by atoms with van der Waals surface area (Å²) < 4.78 is 5.04. The van der Waals surface area contributed by atoms with Gasteiger partial charge in [-0.3, -0.25) is 0 Å². The molecule has 0 unspecified atom stereocenters. The number of rotatable bonds is 3. The average molecular weight is 238 g/mol. The van der Waals surface area contributed by atoms with Gasteiger partial charge in [-0.25, -0.2) is 4.98 Å². The number of aromatic nitrogens is 2. The van der Waals surface area contributed by atoms with Crippen molar-refractivity contribution in [1.82, 2.24) is 9.97 Å². The normalized spacial score (nSPS) is 24.4. The number of ether oxygens (including phenoxy) is 1.